The molecule has 0 unspecified atom stereocenters. The zero-order chi connectivity index (χ0) is 22.6. The van der Waals surface area contributed by atoms with Crippen LogP contribution in [0.15, 0.2) is 59.5 Å². The van der Waals surface area contributed by atoms with E-state index in [4.69, 9.17) is 16.2 Å². The van der Waals surface area contributed by atoms with E-state index in [-0.39, 0.29) is 5.41 Å². The molecule has 0 saturated heterocycles. The van der Waals surface area contributed by atoms with Gasteiger partial charge in [-0.05, 0) is 55.3 Å². The van der Waals surface area contributed by atoms with Crippen LogP contribution in [0, 0.1) is 13.8 Å². The van der Waals surface area contributed by atoms with Gasteiger partial charge in [-0.1, -0.05) is 45.0 Å². The summed E-state index contributed by atoms with van der Waals surface area (Å²) in [6, 6.07) is 18.3. The summed E-state index contributed by atoms with van der Waals surface area (Å²) < 4.78 is 6.14. The molecule has 3 rings (SSSR count). The number of nitrogen functional groups attached to an aromatic ring is 2. The van der Waals surface area contributed by atoms with Gasteiger partial charge in [-0.25, -0.2) is 9.98 Å². The van der Waals surface area contributed by atoms with E-state index >= 15 is 0 Å². The van der Waals surface area contributed by atoms with Crippen molar-refractivity contribution in [1.82, 2.24) is 4.98 Å². The van der Waals surface area contributed by atoms with Crippen LogP contribution >= 0.6 is 0 Å². The summed E-state index contributed by atoms with van der Waals surface area (Å²) in [6.45, 7) is 10.4. The Morgan fingerprint density at radius 1 is 1.06 bits per heavy atom. The van der Waals surface area contributed by atoms with Crippen LogP contribution in [0.1, 0.15) is 43.2 Å². The number of hydrogen-bond donors (Lipinski definition) is 3. The van der Waals surface area contributed by atoms with Crippen molar-refractivity contribution >= 4 is 29.1 Å². The molecule has 5 N–H and O–H groups in total. The van der Waals surface area contributed by atoms with Crippen LogP contribution in [-0.2, 0) is 17.2 Å². The quantitative estimate of drug-likeness (QED) is 0.240. The van der Waals surface area contributed by atoms with E-state index in [1.54, 1.807) is 0 Å². The third-order valence-corrected chi connectivity index (χ3v) is 5.83. The largest absolute Gasteiger partial charge is 0.444 e. The highest BCUT2D eigenvalue weighted by molar-refractivity contribution is 7.78. The minimum atomic E-state index is -0.0820. The highest BCUT2D eigenvalue weighted by atomic mass is 32.2. The van der Waals surface area contributed by atoms with Crippen molar-refractivity contribution in [3.63, 3.8) is 0 Å². The Morgan fingerprint density at radius 3 is 2.42 bits per heavy atom. The zero-order valence-electron chi connectivity index (χ0n) is 18.9. The number of hydrogen-bond acceptors (Lipinski definition) is 3. The van der Waals surface area contributed by atoms with Crippen LogP contribution in [0.25, 0.3) is 0 Å². The number of amidine groups is 1. The van der Waals surface area contributed by atoms with Gasteiger partial charge in [0.15, 0.2) is 16.3 Å². The van der Waals surface area contributed by atoms with Crippen molar-refractivity contribution in [3.8, 4) is 5.75 Å². The summed E-state index contributed by atoms with van der Waals surface area (Å²) in [6.07, 6.45) is 0. The number of rotatable bonds is 6. The van der Waals surface area contributed by atoms with E-state index in [1.807, 2.05) is 43.3 Å². The number of aryl methyl sites for hydroxylation is 2. The van der Waals surface area contributed by atoms with Crippen molar-refractivity contribution in [2.24, 2.45) is 5.73 Å². The molecule has 3 aromatic rings. The number of nitrogens with one attached hydrogen (secondary N) is 1. The molecule has 2 aromatic carbocycles. The predicted octanol–water partition coefficient (Wildman–Crippen LogP) is 2.91. The predicted molar refractivity (Wildman–Crippen MR) is 131 cm³/mol. The number of nitrogens with two attached hydrogens (primary N) is 2. The Morgan fingerprint density at radius 2 is 1.77 bits per heavy atom. The van der Waals surface area contributed by atoms with Crippen LogP contribution in [0.4, 0.5) is 11.5 Å². The Balaban J connectivity index is 1.88. The monoisotopic (exact) mass is 436 g/mol. The molecule has 31 heavy (non-hydrogen) atoms. The molecule has 0 aliphatic rings. The summed E-state index contributed by atoms with van der Waals surface area (Å²) in [5.41, 5.74) is 17.2. The van der Waals surface area contributed by atoms with Gasteiger partial charge in [0.2, 0.25) is 5.94 Å². The lowest BCUT2D eigenvalue weighted by atomic mass is 9.91. The van der Waals surface area contributed by atoms with Gasteiger partial charge >= 0.3 is 0 Å². The summed E-state index contributed by atoms with van der Waals surface area (Å²) in [7, 11) is 0. The minimum absolute atomic E-state index is 0.0820. The summed E-state index contributed by atoms with van der Waals surface area (Å²) in [5.74, 6) is 2.17. The van der Waals surface area contributed by atoms with Gasteiger partial charge in [-0.3, -0.25) is 5.73 Å². The lowest BCUT2D eigenvalue weighted by molar-refractivity contribution is -0.355. The standard InChI is InChI=1S/C25H30N4OS/c1-16-13-17(2)22(20(14-16)30-15-31-18-9-7-6-8-10-18)29-24(27)19-11-12-21(25(3,4)5)28-23(19)26/h6-14H,15H2,1-5H3,(H2,26,28)(H2,27,29)/p+2. The SMILES string of the molecule is Cc1cc(C)c([NH+]=C(N)c2ccc(C(C)(C)C)nc2N)c(OC[SH+]c2ccccc2)c1. The summed E-state index contributed by atoms with van der Waals surface area (Å²) in [5, 5.41) is 0. The third-order valence-electron chi connectivity index (χ3n) is 4.91. The molecule has 0 aliphatic carbocycles. The number of nitrogens with zero attached hydrogens (tertiary/aromatic N) is 1. The van der Waals surface area contributed by atoms with Gasteiger partial charge in [-0.2, -0.15) is 0 Å². The van der Waals surface area contributed by atoms with Crippen LogP contribution in [-0.4, -0.2) is 16.8 Å². The highest BCUT2D eigenvalue weighted by Crippen LogP contribution is 2.26. The Kier molecular flexibility index (Phi) is 6.91. The first-order chi connectivity index (χ1) is 14.6. The first kappa shape index (κ1) is 22.7. The molecule has 0 saturated carbocycles. The zero-order valence-corrected chi connectivity index (χ0v) is 19.8. The van der Waals surface area contributed by atoms with E-state index in [0.29, 0.717) is 23.2 Å². The second-order valence-corrected chi connectivity index (χ2v) is 9.73. The van der Waals surface area contributed by atoms with Crippen molar-refractivity contribution in [3.05, 3.63) is 77.0 Å². The van der Waals surface area contributed by atoms with Crippen molar-refractivity contribution in [2.75, 3.05) is 11.7 Å². The molecule has 0 fully saturated rings. The van der Waals surface area contributed by atoms with Crippen LogP contribution < -0.4 is 21.2 Å². The van der Waals surface area contributed by atoms with Gasteiger partial charge in [-0.15, -0.1) is 0 Å². The lowest BCUT2D eigenvalue weighted by Gasteiger charge is -2.18. The number of ether oxygens (including phenoxy) is 1. The van der Waals surface area contributed by atoms with Crippen LogP contribution in [0.2, 0.25) is 0 Å². The summed E-state index contributed by atoms with van der Waals surface area (Å²) in [4.78, 5) is 9.08. The molecule has 1 aromatic heterocycles. The molecule has 0 amide bonds. The molecule has 0 radical (unpaired) electrons. The second-order valence-electron chi connectivity index (χ2n) is 8.64. The lowest BCUT2D eigenvalue weighted by Crippen LogP contribution is -2.70. The molecule has 162 valence electrons. The average Bonchev–Trinajstić information content (AvgIpc) is 2.70. The van der Waals surface area contributed by atoms with E-state index in [9.17, 15) is 0 Å². The molecule has 5 nitrogen and oxygen atoms in total. The van der Waals surface area contributed by atoms with Crippen molar-refractivity contribution in [2.45, 2.75) is 44.9 Å². The number of pyridine rings is 1. The first-order valence-electron chi connectivity index (χ1n) is 10.3. The molecule has 6 heteroatoms. The van der Waals surface area contributed by atoms with E-state index in [2.05, 4.69) is 55.9 Å². The smallest absolute Gasteiger partial charge is 0.281 e. The summed E-state index contributed by atoms with van der Waals surface area (Å²) >= 11 is 1.10. The fourth-order valence-electron chi connectivity index (χ4n) is 3.23. The van der Waals surface area contributed by atoms with Crippen LogP contribution in [0.5, 0.6) is 5.75 Å². The molecule has 1 heterocycles. The molecule has 0 aliphatic heterocycles. The van der Waals surface area contributed by atoms with E-state index in [0.717, 1.165) is 40.0 Å². The normalized spacial score (nSPS) is 12.1. The second kappa shape index (κ2) is 9.43. The van der Waals surface area contributed by atoms with Gasteiger partial charge in [0, 0.05) is 22.9 Å². The maximum Gasteiger partial charge on any atom is 0.281 e. The van der Waals surface area contributed by atoms with Gasteiger partial charge in [0.1, 0.15) is 11.4 Å². The van der Waals surface area contributed by atoms with Crippen molar-refractivity contribution < 1.29 is 9.73 Å². The fraction of sp³-hybridized carbons (Fsp3) is 0.280. The molecule has 0 spiro atoms. The average molecular weight is 437 g/mol. The third kappa shape index (κ3) is 5.79. The van der Waals surface area contributed by atoms with Gasteiger partial charge < -0.3 is 10.5 Å². The fourth-order valence-corrected chi connectivity index (χ4v) is 3.97. The van der Waals surface area contributed by atoms with Gasteiger partial charge in [0.05, 0.1) is 0 Å². The number of aromatic nitrogens is 1. The number of anilines is 1. The molecular weight excluding hydrogens is 404 g/mol. The van der Waals surface area contributed by atoms with E-state index < -0.39 is 0 Å². The maximum absolute atomic E-state index is 6.41. The first-order valence-corrected chi connectivity index (χ1v) is 11.4. The topological polar surface area (TPSA) is 88.1 Å². The highest BCUT2D eigenvalue weighted by Gasteiger charge is 2.20. The Hall–Kier alpha value is -2.99. The van der Waals surface area contributed by atoms with Gasteiger partial charge in [0.25, 0.3) is 5.84 Å². The Bertz CT molecular complexity index is 1090. The van der Waals surface area contributed by atoms with Crippen LogP contribution in [0.3, 0.4) is 0 Å². The Labute approximate surface area is 188 Å². The van der Waals surface area contributed by atoms with Crippen molar-refractivity contribution in [1.29, 1.82) is 0 Å². The maximum atomic E-state index is 6.41. The number of benzene rings is 2. The number of thiol groups is 1. The molecule has 0 bridgehead atoms. The van der Waals surface area contributed by atoms with E-state index in [1.165, 1.54) is 4.90 Å². The molecular formula is C25H32N4OS+2. The minimum Gasteiger partial charge on any atom is -0.444 e. The molecule has 0 atom stereocenters.